The van der Waals surface area contributed by atoms with E-state index in [1.807, 2.05) is 0 Å². The second-order valence-electron chi connectivity index (χ2n) is 5.58. The molecule has 6 heteroatoms. The van der Waals surface area contributed by atoms with Gasteiger partial charge in [-0.1, -0.05) is 13.3 Å². The molecule has 0 amide bonds. The molecule has 0 saturated heterocycles. The first-order chi connectivity index (χ1) is 8.91. The van der Waals surface area contributed by atoms with E-state index < -0.39 is 9.84 Å². The minimum atomic E-state index is -2.86. The third kappa shape index (κ3) is 6.47. The van der Waals surface area contributed by atoms with Gasteiger partial charge in [-0.15, -0.1) is 0 Å². The summed E-state index contributed by atoms with van der Waals surface area (Å²) in [4.78, 5) is 0. The second kappa shape index (κ2) is 7.86. The quantitative estimate of drug-likeness (QED) is 0.710. The smallest absolute Gasteiger partial charge is 0.148 e. The molecule has 19 heavy (non-hydrogen) atoms. The van der Waals surface area contributed by atoms with Crippen LogP contribution in [0.3, 0.4) is 0 Å². The van der Waals surface area contributed by atoms with Crippen molar-refractivity contribution in [2.24, 2.45) is 0 Å². The molecular formula is C13H27NO3S2. The van der Waals surface area contributed by atoms with Crippen LogP contribution in [0.4, 0.5) is 0 Å². The summed E-state index contributed by atoms with van der Waals surface area (Å²) >= 11 is 1.75. The van der Waals surface area contributed by atoms with Crippen molar-refractivity contribution in [3.05, 3.63) is 0 Å². The first-order valence-electron chi connectivity index (χ1n) is 7.06. The van der Waals surface area contributed by atoms with Gasteiger partial charge in [0.1, 0.15) is 9.84 Å². The van der Waals surface area contributed by atoms with Crippen molar-refractivity contribution < 1.29 is 13.5 Å². The Morgan fingerprint density at radius 1 is 1.47 bits per heavy atom. The molecule has 2 N–H and O–H groups in total. The highest BCUT2D eigenvalue weighted by atomic mass is 32.2. The standard InChI is InChI=1S/C13H27NO3S2/c1-3-7-14-13(11-15)6-4-5-12(10-13)18-8-9-19(2,16)17/h12,14-15H,3-11H2,1-2H3. The van der Waals surface area contributed by atoms with E-state index in [1.165, 1.54) is 6.26 Å². The predicted octanol–water partition coefficient (Wildman–Crippen LogP) is 1.44. The Labute approximate surface area is 121 Å². The van der Waals surface area contributed by atoms with Gasteiger partial charge in [-0.2, -0.15) is 11.8 Å². The number of nitrogens with one attached hydrogen (secondary N) is 1. The zero-order valence-electron chi connectivity index (χ0n) is 12.0. The van der Waals surface area contributed by atoms with E-state index in [-0.39, 0.29) is 17.9 Å². The monoisotopic (exact) mass is 309 g/mol. The maximum atomic E-state index is 11.1. The molecule has 0 bridgehead atoms. The number of hydrogen-bond acceptors (Lipinski definition) is 5. The van der Waals surface area contributed by atoms with Crippen molar-refractivity contribution in [3.8, 4) is 0 Å². The third-order valence-electron chi connectivity index (χ3n) is 3.66. The number of hydrogen-bond donors (Lipinski definition) is 2. The van der Waals surface area contributed by atoms with Gasteiger partial charge in [0.25, 0.3) is 0 Å². The van der Waals surface area contributed by atoms with Gasteiger partial charge >= 0.3 is 0 Å². The number of rotatable bonds is 8. The lowest BCUT2D eigenvalue weighted by molar-refractivity contribution is 0.124. The molecule has 2 atom stereocenters. The highest BCUT2D eigenvalue weighted by Crippen LogP contribution is 2.34. The van der Waals surface area contributed by atoms with Crippen LogP contribution >= 0.6 is 11.8 Å². The van der Waals surface area contributed by atoms with Crippen LogP contribution in [0.1, 0.15) is 39.0 Å². The van der Waals surface area contributed by atoms with Gasteiger partial charge < -0.3 is 10.4 Å². The second-order valence-corrected chi connectivity index (χ2v) is 9.25. The Balaban J connectivity index is 2.43. The topological polar surface area (TPSA) is 66.4 Å². The van der Waals surface area contributed by atoms with Crippen LogP contribution in [-0.4, -0.2) is 55.2 Å². The van der Waals surface area contributed by atoms with E-state index in [0.717, 1.165) is 38.6 Å². The Morgan fingerprint density at radius 2 is 2.21 bits per heavy atom. The first-order valence-corrected chi connectivity index (χ1v) is 10.2. The van der Waals surface area contributed by atoms with Gasteiger partial charge in [-0.3, -0.25) is 0 Å². The fraction of sp³-hybridized carbons (Fsp3) is 1.00. The predicted molar refractivity (Wildman–Crippen MR) is 82.5 cm³/mol. The molecule has 1 aliphatic rings. The highest BCUT2D eigenvalue weighted by molar-refractivity contribution is 8.01. The summed E-state index contributed by atoms with van der Waals surface area (Å²) in [7, 11) is -2.86. The van der Waals surface area contributed by atoms with Crippen molar-refractivity contribution in [1.29, 1.82) is 0 Å². The summed E-state index contributed by atoms with van der Waals surface area (Å²) in [5, 5.41) is 13.6. The maximum Gasteiger partial charge on any atom is 0.148 e. The van der Waals surface area contributed by atoms with E-state index in [1.54, 1.807) is 11.8 Å². The molecule has 1 rings (SSSR count). The minimum Gasteiger partial charge on any atom is -0.394 e. The minimum absolute atomic E-state index is 0.142. The number of thioether (sulfide) groups is 1. The maximum absolute atomic E-state index is 11.1. The molecule has 0 aromatic heterocycles. The van der Waals surface area contributed by atoms with E-state index in [0.29, 0.717) is 11.0 Å². The molecule has 1 aliphatic carbocycles. The van der Waals surface area contributed by atoms with E-state index >= 15 is 0 Å². The van der Waals surface area contributed by atoms with Crippen LogP contribution in [0.15, 0.2) is 0 Å². The molecule has 1 fully saturated rings. The summed E-state index contributed by atoms with van der Waals surface area (Å²) in [6.07, 6.45) is 6.55. The fourth-order valence-electron chi connectivity index (χ4n) is 2.57. The lowest BCUT2D eigenvalue weighted by Crippen LogP contribution is -2.52. The van der Waals surface area contributed by atoms with Crippen molar-refractivity contribution in [2.45, 2.75) is 49.8 Å². The lowest BCUT2D eigenvalue weighted by Gasteiger charge is -2.40. The largest absolute Gasteiger partial charge is 0.394 e. The Hall–Kier alpha value is 0.220. The van der Waals surface area contributed by atoms with Gasteiger partial charge in [0, 0.05) is 22.8 Å². The van der Waals surface area contributed by atoms with Gasteiger partial charge in [-0.25, -0.2) is 8.42 Å². The molecule has 0 heterocycles. The number of aliphatic hydroxyl groups is 1. The molecule has 1 saturated carbocycles. The Bertz CT molecular complexity index is 359. The van der Waals surface area contributed by atoms with E-state index in [9.17, 15) is 13.5 Å². The van der Waals surface area contributed by atoms with Gasteiger partial charge in [0.15, 0.2) is 0 Å². The van der Waals surface area contributed by atoms with Gasteiger partial charge in [0.2, 0.25) is 0 Å². The van der Waals surface area contributed by atoms with Crippen molar-refractivity contribution in [1.82, 2.24) is 5.32 Å². The van der Waals surface area contributed by atoms with Crippen LogP contribution in [0.25, 0.3) is 0 Å². The van der Waals surface area contributed by atoms with Crippen LogP contribution in [0.5, 0.6) is 0 Å². The highest BCUT2D eigenvalue weighted by Gasteiger charge is 2.35. The number of aliphatic hydroxyl groups excluding tert-OH is 1. The SMILES string of the molecule is CCCNC1(CO)CCCC(SCCS(C)(=O)=O)C1. The van der Waals surface area contributed by atoms with E-state index in [4.69, 9.17) is 0 Å². The van der Waals surface area contributed by atoms with Crippen molar-refractivity contribution in [2.75, 3.05) is 30.9 Å². The molecule has 0 spiro atoms. The molecule has 114 valence electrons. The molecule has 0 aromatic rings. The Kier molecular flexibility index (Phi) is 7.14. The van der Waals surface area contributed by atoms with Crippen LogP contribution in [-0.2, 0) is 9.84 Å². The van der Waals surface area contributed by atoms with Gasteiger partial charge in [-0.05, 0) is 32.2 Å². The summed E-state index contributed by atoms with van der Waals surface area (Å²) in [6, 6.07) is 0. The Morgan fingerprint density at radius 3 is 2.79 bits per heavy atom. The van der Waals surface area contributed by atoms with Crippen LogP contribution < -0.4 is 5.32 Å². The van der Waals surface area contributed by atoms with Crippen molar-refractivity contribution in [3.63, 3.8) is 0 Å². The van der Waals surface area contributed by atoms with Crippen molar-refractivity contribution >= 4 is 21.6 Å². The molecule has 0 aromatic carbocycles. The van der Waals surface area contributed by atoms with Gasteiger partial charge in [0.05, 0.1) is 12.4 Å². The zero-order chi connectivity index (χ0) is 14.4. The van der Waals surface area contributed by atoms with Crippen LogP contribution in [0, 0.1) is 0 Å². The lowest BCUT2D eigenvalue weighted by atomic mass is 9.82. The first kappa shape index (κ1) is 17.3. The third-order valence-corrected chi connectivity index (χ3v) is 6.18. The number of sulfone groups is 1. The summed E-state index contributed by atoms with van der Waals surface area (Å²) in [5.41, 5.74) is -0.142. The normalized spacial score (nSPS) is 28.5. The molecule has 2 unspecified atom stereocenters. The average molecular weight is 309 g/mol. The zero-order valence-corrected chi connectivity index (χ0v) is 13.7. The van der Waals surface area contributed by atoms with Crippen LogP contribution in [0.2, 0.25) is 0 Å². The fourth-order valence-corrected chi connectivity index (χ4v) is 5.27. The summed E-state index contributed by atoms with van der Waals surface area (Å²) < 4.78 is 22.3. The molecule has 0 radical (unpaired) electrons. The summed E-state index contributed by atoms with van der Waals surface area (Å²) in [5.74, 6) is 0.918. The average Bonchev–Trinajstić information content (AvgIpc) is 2.35. The molecule has 4 nitrogen and oxygen atoms in total. The molecular weight excluding hydrogens is 282 g/mol. The molecule has 0 aliphatic heterocycles. The summed E-state index contributed by atoms with van der Waals surface area (Å²) in [6.45, 7) is 3.23. The van der Waals surface area contributed by atoms with E-state index in [2.05, 4.69) is 12.2 Å².